The Morgan fingerprint density at radius 3 is 1.61 bits per heavy atom. The average molecular weight is 583 g/mol. The highest BCUT2D eigenvalue weighted by Gasteiger charge is 2.05. The van der Waals surface area contributed by atoms with Crippen LogP contribution in [-0.2, 0) is 13.6 Å². The van der Waals surface area contributed by atoms with Gasteiger partial charge < -0.3 is 9.80 Å². The van der Waals surface area contributed by atoms with E-state index in [0.717, 1.165) is 31.1 Å². The minimum atomic E-state index is 0.970. The molecule has 0 N–H and O–H groups in total. The Hall–Kier alpha value is -3.48. The zero-order valence-corrected chi connectivity index (χ0v) is 26.3. The van der Waals surface area contributed by atoms with Crippen LogP contribution in [0.2, 0.25) is 0 Å². The normalized spacial score (nSPS) is 11.4. The van der Waals surface area contributed by atoms with Crippen LogP contribution in [0.1, 0.15) is 29.4 Å². The van der Waals surface area contributed by atoms with Crippen LogP contribution < -0.4 is 18.9 Å². The molecule has 0 radical (unpaired) electrons. The van der Waals surface area contributed by atoms with Gasteiger partial charge in [-0.05, 0) is 66.6 Å². The fraction of sp³-hybridized carbons (Fsp3) is 0.257. The van der Waals surface area contributed by atoms with E-state index in [2.05, 4.69) is 163 Å². The lowest BCUT2D eigenvalue weighted by Crippen LogP contribution is -2.34. The van der Waals surface area contributed by atoms with Crippen LogP contribution in [0.3, 0.4) is 0 Å². The summed E-state index contributed by atoms with van der Waals surface area (Å²) in [4.78, 5) is 4.67. The van der Waals surface area contributed by atoms with Crippen molar-refractivity contribution in [3.63, 3.8) is 0 Å². The van der Waals surface area contributed by atoms with Crippen molar-refractivity contribution in [2.45, 2.75) is 13.5 Å². The quantitative estimate of drug-likeness (QED) is 0.0893. The predicted octanol–water partition coefficient (Wildman–Crippen LogP) is 7.11. The van der Waals surface area contributed by atoms with E-state index in [1.807, 2.05) is 27.7 Å². The molecule has 0 amide bonds. The summed E-state index contributed by atoms with van der Waals surface area (Å²) in [6, 6.07) is 30.2. The number of pyridine rings is 2. The number of aryl methyl sites for hydroxylation is 2. The molecule has 0 fully saturated rings. The fourth-order valence-corrected chi connectivity index (χ4v) is 6.49. The Bertz CT molecular complexity index is 1420. The van der Waals surface area contributed by atoms with Gasteiger partial charge in [-0.25, -0.2) is 4.57 Å². The van der Waals surface area contributed by atoms with E-state index in [-0.39, 0.29) is 0 Å². The molecule has 0 aliphatic rings. The zero-order chi connectivity index (χ0) is 28.9. The van der Waals surface area contributed by atoms with Crippen LogP contribution in [-0.4, -0.2) is 38.7 Å². The Morgan fingerprint density at radius 1 is 0.610 bits per heavy atom. The van der Waals surface area contributed by atoms with Gasteiger partial charge >= 0.3 is 0 Å². The molecular weight excluding hydrogens is 541 g/mol. The molecule has 2 heterocycles. The van der Waals surface area contributed by atoms with Crippen molar-refractivity contribution in [1.29, 1.82) is 0 Å². The van der Waals surface area contributed by atoms with Crippen LogP contribution in [0.4, 0.5) is 11.4 Å². The summed E-state index contributed by atoms with van der Waals surface area (Å²) in [5.41, 5.74) is 7.34. The van der Waals surface area contributed by atoms with Crippen molar-refractivity contribution in [3.8, 4) is 0 Å². The molecule has 4 aromatic rings. The largest absolute Gasteiger partial charge is 0.374 e. The van der Waals surface area contributed by atoms with E-state index in [9.17, 15) is 0 Å². The summed E-state index contributed by atoms with van der Waals surface area (Å²) in [6.07, 6.45) is 12.9. The highest BCUT2D eigenvalue weighted by Crippen LogP contribution is 2.24. The lowest BCUT2D eigenvalue weighted by Gasteiger charge is -2.20. The van der Waals surface area contributed by atoms with Crippen molar-refractivity contribution in [1.82, 2.24) is 0 Å². The lowest BCUT2D eigenvalue weighted by atomic mass is 10.1. The van der Waals surface area contributed by atoms with Gasteiger partial charge in [-0.2, -0.15) is 4.57 Å². The fourth-order valence-electron chi connectivity index (χ4n) is 4.41. The van der Waals surface area contributed by atoms with Gasteiger partial charge in [0.15, 0.2) is 12.4 Å². The van der Waals surface area contributed by atoms with Crippen molar-refractivity contribution < 1.29 is 9.13 Å². The maximum absolute atomic E-state index is 2.34. The molecule has 212 valence electrons. The highest BCUT2D eigenvalue weighted by atomic mass is 33.1. The Labute approximate surface area is 254 Å². The molecule has 2 aromatic heterocycles. The average Bonchev–Trinajstić information content (AvgIpc) is 3.01. The van der Waals surface area contributed by atoms with Gasteiger partial charge in [-0.3, -0.25) is 0 Å². The van der Waals surface area contributed by atoms with Crippen LogP contribution in [0.15, 0.2) is 97.3 Å². The first-order valence-electron chi connectivity index (χ1n) is 14.2. The van der Waals surface area contributed by atoms with E-state index < -0.39 is 0 Å². The standard InChI is InChI=1S/C35H42N4S2/c1-5-39-25-9-7-11-35(39)23-17-31-15-21-34(22-16-31)38(4)27-29-41-40-28-26-37(3)33-19-13-30(14-20-33)12-18-32-10-6-8-24-36(32)2/h6-25H,5,26-29H2,1-4H3/q+2. The topological polar surface area (TPSA) is 14.2 Å². The molecule has 0 atom stereocenters. The number of rotatable bonds is 14. The van der Waals surface area contributed by atoms with Crippen LogP contribution >= 0.6 is 21.6 Å². The van der Waals surface area contributed by atoms with Crippen molar-refractivity contribution in [2.75, 3.05) is 48.5 Å². The highest BCUT2D eigenvalue weighted by molar-refractivity contribution is 8.76. The number of anilines is 2. The van der Waals surface area contributed by atoms with Crippen molar-refractivity contribution in [2.24, 2.45) is 7.05 Å². The van der Waals surface area contributed by atoms with E-state index in [1.54, 1.807) is 0 Å². The maximum Gasteiger partial charge on any atom is 0.205 e. The van der Waals surface area contributed by atoms with Gasteiger partial charge in [0.25, 0.3) is 0 Å². The molecule has 41 heavy (non-hydrogen) atoms. The lowest BCUT2D eigenvalue weighted by molar-refractivity contribution is -0.695. The molecule has 6 heteroatoms. The molecule has 4 rings (SSSR count). The van der Waals surface area contributed by atoms with E-state index in [1.165, 1.54) is 33.9 Å². The molecule has 2 aromatic carbocycles. The maximum atomic E-state index is 2.34. The van der Waals surface area contributed by atoms with E-state index in [4.69, 9.17) is 0 Å². The summed E-state index contributed by atoms with van der Waals surface area (Å²) in [5, 5.41) is 0. The second-order valence-corrected chi connectivity index (χ2v) is 12.7. The van der Waals surface area contributed by atoms with Crippen molar-refractivity contribution >= 4 is 57.3 Å². The van der Waals surface area contributed by atoms with Gasteiger partial charge in [-0.15, -0.1) is 0 Å². The van der Waals surface area contributed by atoms with E-state index >= 15 is 0 Å². The molecule has 0 spiro atoms. The second-order valence-electron chi connectivity index (χ2n) is 9.98. The summed E-state index contributed by atoms with van der Waals surface area (Å²) >= 11 is 0. The van der Waals surface area contributed by atoms with Gasteiger partial charge in [0.05, 0.1) is 0 Å². The van der Waals surface area contributed by atoms with Gasteiger partial charge in [-0.1, -0.05) is 45.9 Å². The van der Waals surface area contributed by atoms with Gasteiger partial charge in [0.1, 0.15) is 13.6 Å². The zero-order valence-electron chi connectivity index (χ0n) is 24.7. The second kappa shape index (κ2) is 16.1. The molecule has 0 unspecified atom stereocenters. The monoisotopic (exact) mass is 582 g/mol. The summed E-state index contributed by atoms with van der Waals surface area (Å²) in [7, 11) is 10.3. The summed E-state index contributed by atoms with van der Waals surface area (Å²) < 4.78 is 4.37. The van der Waals surface area contributed by atoms with Gasteiger partial charge in [0, 0.05) is 86.5 Å². The smallest absolute Gasteiger partial charge is 0.205 e. The molecule has 4 nitrogen and oxygen atoms in total. The van der Waals surface area contributed by atoms with E-state index in [0.29, 0.717) is 0 Å². The molecule has 0 aliphatic heterocycles. The predicted molar refractivity (Wildman–Crippen MR) is 182 cm³/mol. The number of hydrogen-bond acceptors (Lipinski definition) is 4. The molecule has 0 saturated carbocycles. The third-order valence-electron chi connectivity index (χ3n) is 7.08. The third-order valence-corrected chi connectivity index (χ3v) is 9.44. The molecule has 0 bridgehead atoms. The first-order valence-corrected chi connectivity index (χ1v) is 16.7. The minimum absolute atomic E-state index is 0.970. The number of nitrogens with zero attached hydrogens (tertiary/aromatic N) is 4. The molecule has 0 aliphatic carbocycles. The number of hydrogen-bond donors (Lipinski definition) is 0. The van der Waals surface area contributed by atoms with Crippen molar-refractivity contribution in [3.05, 3.63) is 120 Å². The first kappa shape index (κ1) is 30.5. The molecular formula is C35H42N4S2+2. The Morgan fingerprint density at radius 2 is 1.10 bits per heavy atom. The van der Waals surface area contributed by atoms with Crippen LogP contribution in [0.5, 0.6) is 0 Å². The Balaban J connectivity index is 1.14. The first-order chi connectivity index (χ1) is 20.0. The SMILES string of the molecule is CC[n+]1ccccc1C=Cc1ccc(N(C)CCSSCCN(C)c2ccc(C=Cc3cccc[n+]3C)cc2)cc1. The molecule has 0 saturated heterocycles. The number of benzene rings is 2. The summed E-state index contributed by atoms with van der Waals surface area (Å²) in [5.74, 6) is 2.19. The van der Waals surface area contributed by atoms with Gasteiger partial charge in [0.2, 0.25) is 11.4 Å². The van der Waals surface area contributed by atoms with Crippen LogP contribution in [0, 0.1) is 0 Å². The third kappa shape index (κ3) is 9.55. The minimum Gasteiger partial charge on any atom is -0.374 e. The summed E-state index contributed by atoms with van der Waals surface area (Å²) in [6.45, 7) is 5.19. The number of aromatic nitrogens is 2. The van der Waals surface area contributed by atoms with Crippen LogP contribution in [0.25, 0.3) is 24.3 Å². The Kier molecular flexibility index (Phi) is 12.0.